The highest BCUT2D eigenvalue weighted by atomic mass is 16.3. The molecule has 6 nitrogen and oxygen atoms in total. The van der Waals surface area contributed by atoms with Gasteiger partial charge >= 0.3 is 0 Å². The number of nitrogen functional groups attached to an aromatic ring is 2. The molecule has 4 rings (SSSR count). The maximum atomic E-state index is 6.12. The van der Waals surface area contributed by atoms with Crippen molar-refractivity contribution in [2.45, 2.75) is 19.9 Å². The van der Waals surface area contributed by atoms with Gasteiger partial charge in [-0.2, -0.15) is 5.10 Å². The molecule has 0 amide bonds. The summed E-state index contributed by atoms with van der Waals surface area (Å²) in [6.45, 7) is 4.18. The van der Waals surface area contributed by atoms with Crippen molar-refractivity contribution in [3.8, 4) is 11.3 Å². The Morgan fingerprint density at radius 2 is 1.96 bits per heavy atom. The molecule has 0 atom stereocenters. The molecule has 0 spiro atoms. The van der Waals surface area contributed by atoms with E-state index in [1.807, 2.05) is 35.0 Å². The summed E-state index contributed by atoms with van der Waals surface area (Å²) < 4.78 is 7.40. The Hall–Kier alpha value is -3.02. The summed E-state index contributed by atoms with van der Waals surface area (Å²) >= 11 is 0. The van der Waals surface area contributed by atoms with Gasteiger partial charge in [0.1, 0.15) is 17.1 Å². The minimum atomic E-state index is 0.223. The maximum Gasteiger partial charge on any atom is 0.191 e. The van der Waals surface area contributed by atoms with Gasteiger partial charge in [0.25, 0.3) is 0 Å². The third-order valence-electron chi connectivity index (χ3n) is 3.95. The van der Waals surface area contributed by atoms with Crippen molar-refractivity contribution in [2.24, 2.45) is 0 Å². The molecule has 0 aliphatic carbocycles. The molecule has 6 heteroatoms. The molecule has 4 N–H and O–H groups in total. The van der Waals surface area contributed by atoms with E-state index in [9.17, 15) is 0 Å². The van der Waals surface area contributed by atoms with E-state index >= 15 is 0 Å². The monoisotopic (exact) mass is 307 g/mol. The summed E-state index contributed by atoms with van der Waals surface area (Å²) in [5.41, 5.74) is 15.4. The SMILES string of the molecule is CC(C)n1nc(-c2ccc3oc(N)cc3c2)c2c(N)nccc21. The third kappa shape index (κ3) is 2.03. The standard InChI is InChI=1S/C17H17N5O/c1-9(2)22-12-5-6-20-17(19)15(12)16(21-22)10-3-4-13-11(7-10)8-14(18)23-13/h3-9H,18H2,1-2H3,(H2,19,20). The second kappa shape index (κ2) is 4.74. The molecule has 0 saturated carbocycles. The highest BCUT2D eigenvalue weighted by molar-refractivity contribution is 6.01. The van der Waals surface area contributed by atoms with E-state index in [0.29, 0.717) is 11.7 Å². The fraction of sp³-hybridized carbons (Fsp3) is 0.176. The molecule has 3 heterocycles. The van der Waals surface area contributed by atoms with Gasteiger partial charge in [-0.3, -0.25) is 4.68 Å². The van der Waals surface area contributed by atoms with Gasteiger partial charge in [0.15, 0.2) is 5.88 Å². The number of hydrogen-bond donors (Lipinski definition) is 2. The number of benzene rings is 1. The van der Waals surface area contributed by atoms with E-state index in [0.717, 1.165) is 33.1 Å². The highest BCUT2D eigenvalue weighted by Gasteiger charge is 2.17. The lowest BCUT2D eigenvalue weighted by atomic mass is 10.1. The normalized spacial score (nSPS) is 11.8. The van der Waals surface area contributed by atoms with E-state index < -0.39 is 0 Å². The van der Waals surface area contributed by atoms with Crippen LogP contribution in [0.3, 0.4) is 0 Å². The van der Waals surface area contributed by atoms with E-state index in [1.165, 1.54) is 0 Å². The molecule has 23 heavy (non-hydrogen) atoms. The third-order valence-corrected chi connectivity index (χ3v) is 3.95. The summed E-state index contributed by atoms with van der Waals surface area (Å²) in [4.78, 5) is 4.22. The van der Waals surface area contributed by atoms with Gasteiger partial charge in [-0.15, -0.1) is 0 Å². The summed E-state index contributed by atoms with van der Waals surface area (Å²) in [6.07, 6.45) is 1.71. The van der Waals surface area contributed by atoms with Crippen LogP contribution in [0.25, 0.3) is 33.1 Å². The lowest BCUT2D eigenvalue weighted by Gasteiger charge is -2.06. The molecule has 0 bridgehead atoms. The summed E-state index contributed by atoms with van der Waals surface area (Å²) in [5.74, 6) is 0.882. The van der Waals surface area contributed by atoms with Gasteiger partial charge in [0.2, 0.25) is 0 Å². The van der Waals surface area contributed by atoms with E-state index in [2.05, 4.69) is 18.8 Å². The molecule has 0 fully saturated rings. The first kappa shape index (κ1) is 13.6. The quantitative estimate of drug-likeness (QED) is 0.590. The molecule has 0 unspecified atom stereocenters. The highest BCUT2D eigenvalue weighted by Crippen LogP contribution is 2.34. The Balaban J connectivity index is 2.03. The number of aromatic nitrogens is 3. The van der Waals surface area contributed by atoms with Crippen LogP contribution < -0.4 is 11.5 Å². The molecule has 0 aliphatic rings. The first-order valence-electron chi connectivity index (χ1n) is 7.46. The number of hydrogen-bond acceptors (Lipinski definition) is 5. The zero-order chi connectivity index (χ0) is 16.1. The van der Waals surface area contributed by atoms with Gasteiger partial charge in [0.05, 0.1) is 10.9 Å². The number of nitrogens with zero attached hydrogens (tertiary/aromatic N) is 3. The topological polar surface area (TPSA) is 95.9 Å². The van der Waals surface area contributed by atoms with Crippen LogP contribution in [0, 0.1) is 0 Å². The Labute approximate surface area is 132 Å². The fourth-order valence-electron chi connectivity index (χ4n) is 2.92. The van der Waals surface area contributed by atoms with E-state index in [-0.39, 0.29) is 6.04 Å². The van der Waals surface area contributed by atoms with Crippen molar-refractivity contribution in [3.05, 3.63) is 36.5 Å². The summed E-state index contributed by atoms with van der Waals surface area (Å²) in [7, 11) is 0. The zero-order valence-corrected chi connectivity index (χ0v) is 12.9. The molecular formula is C17H17N5O. The van der Waals surface area contributed by atoms with E-state index in [1.54, 1.807) is 6.20 Å². The Kier molecular flexibility index (Phi) is 2.81. The molecule has 4 aromatic rings. The Bertz CT molecular complexity index is 1030. The van der Waals surface area contributed by atoms with Gasteiger partial charge in [-0.1, -0.05) is 0 Å². The Morgan fingerprint density at radius 1 is 1.13 bits per heavy atom. The van der Waals surface area contributed by atoms with Crippen LogP contribution in [-0.4, -0.2) is 14.8 Å². The van der Waals surface area contributed by atoms with Crippen LogP contribution in [-0.2, 0) is 0 Å². The van der Waals surface area contributed by atoms with Crippen LogP contribution in [0.2, 0.25) is 0 Å². The summed E-state index contributed by atoms with van der Waals surface area (Å²) in [6, 6.07) is 9.84. The summed E-state index contributed by atoms with van der Waals surface area (Å²) in [5, 5.41) is 6.58. The van der Waals surface area contributed by atoms with E-state index in [4.69, 9.17) is 21.0 Å². The average Bonchev–Trinajstić information content (AvgIpc) is 3.06. The van der Waals surface area contributed by atoms with Gasteiger partial charge < -0.3 is 15.9 Å². The van der Waals surface area contributed by atoms with Gasteiger partial charge in [-0.25, -0.2) is 4.98 Å². The lowest BCUT2D eigenvalue weighted by molar-refractivity contribution is 0.552. The van der Waals surface area contributed by atoms with Crippen LogP contribution in [0.5, 0.6) is 0 Å². The molecule has 1 aromatic carbocycles. The lowest BCUT2D eigenvalue weighted by Crippen LogP contribution is -2.02. The minimum Gasteiger partial charge on any atom is -0.441 e. The molecule has 0 aliphatic heterocycles. The second-order valence-corrected chi connectivity index (χ2v) is 5.88. The Morgan fingerprint density at radius 3 is 2.74 bits per heavy atom. The van der Waals surface area contributed by atoms with Crippen LogP contribution in [0.15, 0.2) is 40.9 Å². The zero-order valence-electron chi connectivity index (χ0n) is 12.9. The van der Waals surface area contributed by atoms with Crippen molar-refractivity contribution in [3.63, 3.8) is 0 Å². The predicted octanol–water partition coefficient (Wildman–Crippen LogP) is 3.59. The number of rotatable bonds is 2. The molecule has 0 radical (unpaired) electrons. The van der Waals surface area contributed by atoms with Crippen molar-refractivity contribution in [2.75, 3.05) is 11.5 Å². The number of furan rings is 1. The first-order valence-corrected chi connectivity index (χ1v) is 7.46. The van der Waals surface area contributed by atoms with Crippen LogP contribution in [0.1, 0.15) is 19.9 Å². The predicted molar refractivity (Wildman–Crippen MR) is 91.9 cm³/mol. The minimum absolute atomic E-state index is 0.223. The molecular weight excluding hydrogens is 290 g/mol. The van der Waals surface area contributed by atoms with Crippen molar-refractivity contribution in [1.29, 1.82) is 0 Å². The van der Waals surface area contributed by atoms with Crippen molar-refractivity contribution >= 4 is 33.6 Å². The smallest absolute Gasteiger partial charge is 0.191 e. The number of nitrogens with two attached hydrogens (primary N) is 2. The maximum absolute atomic E-state index is 6.12. The molecule has 0 saturated heterocycles. The first-order chi connectivity index (χ1) is 11.0. The second-order valence-electron chi connectivity index (χ2n) is 5.88. The molecule has 116 valence electrons. The molecule has 3 aromatic heterocycles. The van der Waals surface area contributed by atoms with Gasteiger partial charge in [0, 0.05) is 29.3 Å². The number of pyridine rings is 1. The fourth-order valence-corrected chi connectivity index (χ4v) is 2.92. The number of fused-ring (bicyclic) bond motifs is 2. The van der Waals surface area contributed by atoms with Crippen molar-refractivity contribution < 1.29 is 4.42 Å². The number of anilines is 2. The van der Waals surface area contributed by atoms with Gasteiger partial charge in [-0.05, 0) is 38.1 Å². The van der Waals surface area contributed by atoms with Crippen LogP contribution in [0.4, 0.5) is 11.7 Å². The van der Waals surface area contributed by atoms with Crippen LogP contribution >= 0.6 is 0 Å². The average molecular weight is 307 g/mol. The largest absolute Gasteiger partial charge is 0.441 e. The van der Waals surface area contributed by atoms with Crippen molar-refractivity contribution in [1.82, 2.24) is 14.8 Å².